The number of ether oxygens (including phenoxy) is 5. The summed E-state index contributed by atoms with van der Waals surface area (Å²) in [6.45, 7) is -0.0707. The topological polar surface area (TPSA) is 225 Å². The van der Waals surface area contributed by atoms with Gasteiger partial charge in [0.25, 0.3) is 0 Å². The number of Topliss-reactive ketones (excluding diaryl/α,β-unsaturated/α-hetero) is 1. The molecule has 35 heavy (non-hydrogen) atoms. The number of aliphatic hydroxyl groups excluding tert-OH is 7. The van der Waals surface area contributed by atoms with Gasteiger partial charge in [-0.1, -0.05) is 0 Å². The lowest BCUT2D eigenvalue weighted by Crippen LogP contribution is -2.62. The van der Waals surface area contributed by atoms with E-state index in [9.17, 15) is 45.6 Å². The second-order valence-electron chi connectivity index (χ2n) is 8.24. The number of hydrogen-bond acceptors (Lipinski definition) is 14. The summed E-state index contributed by atoms with van der Waals surface area (Å²) < 4.78 is 26.7. The molecule has 0 saturated carbocycles. The number of carbonyl (C=O) groups excluding carboxylic acids is 1. The van der Waals surface area contributed by atoms with Crippen LogP contribution in [0.1, 0.15) is 17.3 Å². The van der Waals surface area contributed by atoms with Crippen LogP contribution >= 0.6 is 0 Å². The molecular weight excluding hydrogens is 476 g/mol. The van der Waals surface area contributed by atoms with Crippen LogP contribution in [0.3, 0.4) is 0 Å². The first-order valence-corrected chi connectivity index (χ1v) is 10.7. The smallest absolute Gasteiger partial charge is 0.229 e. The zero-order valence-electron chi connectivity index (χ0n) is 18.9. The van der Waals surface area contributed by atoms with E-state index in [0.29, 0.717) is 0 Å². The standard InChI is InChI=1S/C21H30O14/c1-7(23)13-9(24)3-8(31-2)4-10(13)33-21-19(30)17(28)15(26)12(35-21)6-32-20-18(29)16(27)14(25)11(5-22)34-20/h3-4,11-12,14-22,24-30H,5-6H2,1-2H3/t11-,12-,14+,15+,16+,17+,18+,19-,20+,21-/m0/s1. The predicted molar refractivity (Wildman–Crippen MR) is 112 cm³/mol. The fourth-order valence-electron chi connectivity index (χ4n) is 3.81. The Morgan fingerprint density at radius 3 is 2.03 bits per heavy atom. The van der Waals surface area contributed by atoms with Crippen LogP contribution in [0, 0.1) is 0 Å². The highest BCUT2D eigenvalue weighted by molar-refractivity contribution is 5.99. The molecule has 10 atom stereocenters. The molecule has 2 aliphatic rings. The predicted octanol–water partition coefficient (Wildman–Crippen LogP) is -3.39. The number of phenolic OH excluding ortho intramolecular Hbond substituents is 1. The lowest BCUT2D eigenvalue weighted by molar-refractivity contribution is -0.323. The molecule has 2 saturated heterocycles. The van der Waals surface area contributed by atoms with Crippen molar-refractivity contribution in [3.63, 3.8) is 0 Å². The summed E-state index contributed by atoms with van der Waals surface area (Å²) in [7, 11) is 1.31. The van der Waals surface area contributed by atoms with Crippen molar-refractivity contribution in [2.45, 2.75) is 68.3 Å². The van der Waals surface area contributed by atoms with Crippen LogP contribution in [-0.2, 0) is 14.2 Å². The van der Waals surface area contributed by atoms with Crippen LogP contribution in [0.4, 0.5) is 0 Å². The number of ketones is 1. The molecule has 1 aromatic rings. The summed E-state index contributed by atoms with van der Waals surface area (Å²) in [5.74, 6) is -1.14. The van der Waals surface area contributed by atoms with Gasteiger partial charge in [-0.2, -0.15) is 0 Å². The van der Waals surface area contributed by atoms with Crippen molar-refractivity contribution in [3.8, 4) is 17.2 Å². The molecule has 3 rings (SSSR count). The quantitative estimate of drug-likeness (QED) is 0.161. The molecule has 14 nitrogen and oxygen atoms in total. The highest BCUT2D eigenvalue weighted by Crippen LogP contribution is 2.36. The summed E-state index contributed by atoms with van der Waals surface area (Å²) in [6.07, 6.45) is -16.1. The molecule has 14 heteroatoms. The number of carbonyl (C=O) groups is 1. The van der Waals surface area contributed by atoms with Gasteiger partial charge >= 0.3 is 0 Å². The van der Waals surface area contributed by atoms with Gasteiger partial charge in [0.1, 0.15) is 71.6 Å². The highest BCUT2D eigenvalue weighted by atomic mass is 16.7. The van der Waals surface area contributed by atoms with Gasteiger partial charge in [0, 0.05) is 12.1 Å². The number of methoxy groups -OCH3 is 1. The molecule has 8 N–H and O–H groups in total. The Labute approximate surface area is 199 Å². The monoisotopic (exact) mass is 506 g/mol. The fourth-order valence-corrected chi connectivity index (χ4v) is 3.81. The molecular formula is C21H30O14. The van der Waals surface area contributed by atoms with E-state index in [1.54, 1.807) is 0 Å². The molecule has 0 aliphatic carbocycles. The Morgan fingerprint density at radius 2 is 1.46 bits per heavy atom. The first-order chi connectivity index (χ1) is 16.5. The van der Waals surface area contributed by atoms with E-state index >= 15 is 0 Å². The van der Waals surface area contributed by atoms with Gasteiger partial charge in [-0.05, 0) is 6.92 Å². The van der Waals surface area contributed by atoms with Crippen molar-refractivity contribution < 1.29 is 69.3 Å². The third kappa shape index (κ3) is 5.67. The summed E-state index contributed by atoms with van der Waals surface area (Å²) >= 11 is 0. The molecule has 0 radical (unpaired) electrons. The molecule has 0 bridgehead atoms. The molecule has 0 aromatic heterocycles. The Kier molecular flexibility index (Phi) is 8.87. The van der Waals surface area contributed by atoms with Crippen molar-refractivity contribution >= 4 is 5.78 Å². The van der Waals surface area contributed by atoms with Gasteiger partial charge in [-0.15, -0.1) is 0 Å². The van der Waals surface area contributed by atoms with E-state index < -0.39 is 86.2 Å². The van der Waals surface area contributed by atoms with Crippen LogP contribution in [0.25, 0.3) is 0 Å². The maximum atomic E-state index is 12.0. The summed E-state index contributed by atoms with van der Waals surface area (Å²) in [5.41, 5.74) is -0.240. The highest BCUT2D eigenvalue weighted by Gasteiger charge is 2.48. The van der Waals surface area contributed by atoms with E-state index in [1.165, 1.54) is 26.2 Å². The normalized spacial score (nSPS) is 37.6. The maximum Gasteiger partial charge on any atom is 0.229 e. The first kappa shape index (κ1) is 27.5. The molecule has 2 fully saturated rings. The van der Waals surface area contributed by atoms with Gasteiger partial charge < -0.3 is 64.5 Å². The Bertz CT molecular complexity index is 878. The summed E-state index contributed by atoms with van der Waals surface area (Å²) in [5, 5.41) is 80.2. The largest absolute Gasteiger partial charge is 0.507 e. The van der Waals surface area contributed by atoms with E-state index in [0.717, 1.165) is 0 Å². The van der Waals surface area contributed by atoms with E-state index in [1.807, 2.05) is 0 Å². The minimum Gasteiger partial charge on any atom is -0.507 e. The number of aliphatic hydroxyl groups is 7. The zero-order valence-corrected chi connectivity index (χ0v) is 18.9. The number of phenols is 1. The van der Waals surface area contributed by atoms with Gasteiger partial charge in [0.2, 0.25) is 6.29 Å². The SMILES string of the molecule is COc1cc(O)c(C(C)=O)c(O[C@H]2O[C@@H](CO[C@@H]3O[C@@H](CO)[C@@H](O)[C@@H](O)[C@H]3O)[C@@H](O)[C@@H](O)[C@@H]2O)c1. The van der Waals surface area contributed by atoms with Crippen molar-refractivity contribution in [1.82, 2.24) is 0 Å². The second kappa shape index (κ2) is 11.3. The Morgan fingerprint density at radius 1 is 0.886 bits per heavy atom. The molecule has 2 heterocycles. The van der Waals surface area contributed by atoms with Gasteiger partial charge in [0.05, 0.1) is 20.3 Å². The second-order valence-corrected chi connectivity index (χ2v) is 8.24. The lowest BCUT2D eigenvalue weighted by atomic mass is 9.98. The van der Waals surface area contributed by atoms with Crippen molar-refractivity contribution in [2.75, 3.05) is 20.3 Å². The maximum absolute atomic E-state index is 12.0. The van der Waals surface area contributed by atoms with Crippen molar-refractivity contribution in [3.05, 3.63) is 17.7 Å². The summed E-state index contributed by atoms with van der Waals surface area (Å²) in [4.78, 5) is 12.0. The fraction of sp³-hybridized carbons (Fsp3) is 0.667. The van der Waals surface area contributed by atoms with E-state index in [-0.39, 0.29) is 17.1 Å². The van der Waals surface area contributed by atoms with Crippen LogP contribution < -0.4 is 9.47 Å². The van der Waals surface area contributed by atoms with Gasteiger partial charge in [-0.25, -0.2) is 0 Å². The number of hydrogen-bond donors (Lipinski definition) is 8. The van der Waals surface area contributed by atoms with Gasteiger partial charge in [-0.3, -0.25) is 4.79 Å². The first-order valence-electron chi connectivity index (χ1n) is 10.7. The van der Waals surface area contributed by atoms with E-state index in [4.69, 9.17) is 23.7 Å². The number of rotatable bonds is 8. The molecule has 0 unspecified atom stereocenters. The molecule has 198 valence electrons. The van der Waals surface area contributed by atoms with Crippen molar-refractivity contribution in [2.24, 2.45) is 0 Å². The van der Waals surface area contributed by atoms with E-state index in [2.05, 4.69) is 0 Å². The van der Waals surface area contributed by atoms with Crippen LogP contribution in [0.15, 0.2) is 12.1 Å². The van der Waals surface area contributed by atoms with Gasteiger partial charge in [0.15, 0.2) is 12.1 Å². The molecule has 1 aromatic carbocycles. The molecule has 2 aliphatic heterocycles. The van der Waals surface area contributed by atoms with Crippen molar-refractivity contribution in [1.29, 1.82) is 0 Å². The molecule has 0 spiro atoms. The lowest BCUT2D eigenvalue weighted by Gasteiger charge is -2.42. The third-order valence-corrected chi connectivity index (χ3v) is 5.83. The third-order valence-electron chi connectivity index (χ3n) is 5.83. The zero-order chi connectivity index (χ0) is 26.0. The van der Waals surface area contributed by atoms with Crippen LogP contribution in [0.2, 0.25) is 0 Å². The number of aromatic hydroxyl groups is 1. The average molecular weight is 506 g/mol. The number of benzene rings is 1. The van der Waals surface area contributed by atoms with Crippen LogP contribution in [-0.4, -0.2) is 128 Å². The minimum absolute atomic E-state index is 0.121. The molecule has 0 amide bonds. The Balaban J connectivity index is 1.76. The average Bonchev–Trinajstić information content (AvgIpc) is 2.82. The minimum atomic E-state index is -1.79. The van der Waals surface area contributed by atoms with Crippen LogP contribution in [0.5, 0.6) is 17.2 Å². The summed E-state index contributed by atoms with van der Waals surface area (Å²) in [6, 6.07) is 2.43. The Hall–Kier alpha value is -2.11.